The lowest BCUT2D eigenvalue weighted by Crippen LogP contribution is -2.02. The number of benzene rings is 2. The van der Waals surface area contributed by atoms with Gasteiger partial charge in [-0.3, -0.25) is 5.43 Å². The summed E-state index contributed by atoms with van der Waals surface area (Å²) in [6, 6.07) is 12.4. The molecule has 0 unspecified atom stereocenters. The first-order valence-electron chi connectivity index (χ1n) is 8.36. The molecule has 0 saturated heterocycles. The van der Waals surface area contributed by atoms with Gasteiger partial charge in [-0.25, -0.2) is 9.78 Å². The van der Waals surface area contributed by atoms with Crippen molar-refractivity contribution < 1.29 is 9.15 Å². The Balaban J connectivity index is 1.57. The molecule has 2 heterocycles. The summed E-state index contributed by atoms with van der Waals surface area (Å²) in [4.78, 5) is 16.7. The van der Waals surface area contributed by atoms with Crippen LogP contribution in [0.5, 0.6) is 5.75 Å². The molecule has 0 radical (unpaired) electrons. The number of nitrogens with one attached hydrogen (secondary N) is 1. The molecule has 0 fully saturated rings. The van der Waals surface area contributed by atoms with Crippen LogP contribution >= 0.6 is 34.5 Å². The molecule has 0 aliphatic heterocycles. The third kappa shape index (κ3) is 4.12. The van der Waals surface area contributed by atoms with E-state index in [1.165, 1.54) is 24.7 Å². The lowest BCUT2D eigenvalue weighted by atomic mass is 10.1. The molecule has 0 aliphatic rings. The minimum atomic E-state index is -0.442. The predicted molar refractivity (Wildman–Crippen MR) is 118 cm³/mol. The molecule has 29 heavy (non-hydrogen) atoms. The predicted octanol–water partition coefficient (Wildman–Crippen LogP) is 5.68. The molecule has 0 bridgehead atoms. The Morgan fingerprint density at radius 1 is 1.24 bits per heavy atom. The number of aromatic nitrogens is 1. The average Bonchev–Trinajstić information content (AvgIpc) is 3.16. The monoisotopic (exact) mass is 445 g/mol. The van der Waals surface area contributed by atoms with Gasteiger partial charge < -0.3 is 9.15 Å². The fourth-order valence-corrected chi connectivity index (χ4v) is 3.98. The molecule has 0 amide bonds. The van der Waals surface area contributed by atoms with E-state index >= 15 is 0 Å². The quantitative estimate of drug-likeness (QED) is 0.243. The van der Waals surface area contributed by atoms with Crippen LogP contribution in [-0.2, 0) is 0 Å². The van der Waals surface area contributed by atoms with Crippen LogP contribution < -0.4 is 15.8 Å². The van der Waals surface area contributed by atoms with Gasteiger partial charge in [0.25, 0.3) is 0 Å². The van der Waals surface area contributed by atoms with Crippen molar-refractivity contribution in [3.05, 3.63) is 73.9 Å². The third-order valence-corrected chi connectivity index (χ3v) is 5.27. The highest BCUT2D eigenvalue weighted by atomic mass is 35.5. The van der Waals surface area contributed by atoms with E-state index in [0.717, 1.165) is 5.39 Å². The first-order valence-corrected chi connectivity index (χ1v) is 9.99. The van der Waals surface area contributed by atoms with E-state index in [2.05, 4.69) is 15.5 Å². The zero-order valence-corrected chi connectivity index (χ0v) is 17.3. The number of hydrogen-bond donors (Lipinski definition) is 1. The number of thiazole rings is 1. The van der Waals surface area contributed by atoms with Gasteiger partial charge in [-0.05, 0) is 24.3 Å². The number of methoxy groups -OCH3 is 1. The van der Waals surface area contributed by atoms with Crippen LogP contribution in [0.1, 0.15) is 5.56 Å². The maximum absolute atomic E-state index is 12.3. The Morgan fingerprint density at radius 2 is 2.07 bits per heavy atom. The first-order chi connectivity index (χ1) is 14.0. The van der Waals surface area contributed by atoms with Gasteiger partial charge in [0.15, 0.2) is 0 Å². The maximum Gasteiger partial charge on any atom is 0.345 e. The summed E-state index contributed by atoms with van der Waals surface area (Å²) in [5, 5.41) is 8.11. The van der Waals surface area contributed by atoms with E-state index in [9.17, 15) is 4.79 Å². The molecule has 4 aromatic rings. The molecule has 9 heteroatoms. The van der Waals surface area contributed by atoms with Crippen LogP contribution in [0.3, 0.4) is 0 Å². The van der Waals surface area contributed by atoms with Gasteiger partial charge in [0.1, 0.15) is 11.3 Å². The average molecular weight is 446 g/mol. The fraction of sp³-hybridized carbons (Fsp3) is 0.0500. The first kappa shape index (κ1) is 19.4. The van der Waals surface area contributed by atoms with Gasteiger partial charge in [0.2, 0.25) is 5.13 Å². The van der Waals surface area contributed by atoms with Crippen molar-refractivity contribution in [1.29, 1.82) is 0 Å². The molecule has 0 spiro atoms. The van der Waals surface area contributed by atoms with E-state index in [0.29, 0.717) is 43.3 Å². The molecule has 0 atom stereocenters. The van der Waals surface area contributed by atoms with Crippen molar-refractivity contribution in [3.8, 4) is 17.0 Å². The Kier molecular flexibility index (Phi) is 5.53. The second kappa shape index (κ2) is 8.24. The number of halogens is 2. The molecule has 4 rings (SSSR count). The molecule has 6 nitrogen and oxygen atoms in total. The van der Waals surface area contributed by atoms with Crippen LogP contribution in [0.25, 0.3) is 22.2 Å². The van der Waals surface area contributed by atoms with Crippen molar-refractivity contribution in [2.24, 2.45) is 5.10 Å². The molecule has 1 N–H and O–H groups in total. The van der Waals surface area contributed by atoms with Crippen molar-refractivity contribution in [3.63, 3.8) is 0 Å². The highest BCUT2D eigenvalue weighted by Gasteiger charge is 2.12. The second-order valence-electron chi connectivity index (χ2n) is 5.90. The normalized spacial score (nSPS) is 11.3. The van der Waals surface area contributed by atoms with E-state index in [1.807, 2.05) is 18.2 Å². The molecule has 2 aromatic heterocycles. The Labute approximate surface area is 179 Å². The Hall–Kier alpha value is -2.87. The zero-order valence-electron chi connectivity index (χ0n) is 15.0. The molecule has 0 saturated carbocycles. The van der Waals surface area contributed by atoms with Crippen molar-refractivity contribution >= 4 is 56.9 Å². The van der Waals surface area contributed by atoms with Gasteiger partial charge in [-0.2, -0.15) is 5.10 Å². The number of rotatable bonds is 5. The standard InChI is InChI=1S/C20H13Cl2N3O3S/c1-27-18-12(6-13(21)8-15(18)22)9-23-25-20-24-16(10-29-20)14-7-11-4-2-3-5-17(11)28-19(14)26/h2-10H,1H3,(H,24,25)/b23-9+. The molecule has 146 valence electrons. The molecule has 2 aromatic carbocycles. The zero-order chi connectivity index (χ0) is 20.4. The van der Waals surface area contributed by atoms with Gasteiger partial charge in [-0.1, -0.05) is 41.4 Å². The van der Waals surface area contributed by atoms with Crippen LogP contribution in [0, 0.1) is 0 Å². The van der Waals surface area contributed by atoms with Crippen LogP contribution in [0.15, 0.2) is 62.2 Å². The number of ether oxygens (including phenoxy) is 1. The van der Waals surface area contributed by atoms with Crippen LogP contribution in [0.2, 0.25) is 10.0 Å². The van der Waals surface area contributed by atoms with Gasteiger partial charge in [0.05, 0.1) is 29.6 Å². The van der Waals surface area contributed by atoms with Crippen molar-refractivity contribution in [2.45, 2.75) is 0 Å². The molecular formula is C20H13Cl2N3O3S. The summed E-state index contributed by atoms with van der Waals surface area (Å²) in [7, 11) is 1.52. The number of para-hydroxylation sites is 1. The maximum atomic E-state index is 12.3. The van der Waals surface area contributed by atoms with Gasteiger partial charge in [-0.15, -0.1) is 11.3 Å². The highest BCUT2D eigenvalue weighted by Crippen LogP contribution is 2.31. The van der Waals surface area contributed by atoms with E-state index in [1.54, 1.807) is 29.6 Å². The lowest BCUT2D eigenvalue weighted by molar-refractivity contribution is 0.414. The van der Waals surface area contributed by atoms with Crippen molar-refractivity contribution in [2.75, 3.05) is 12.5 Å². The number of anilines is 1. The van der Waals surface area contributed by atoms with E-state index in [4.69, 9.17) is 32.4 Å². The fourth-order valence-electron chi connectivity index (χ4n) is 2.74. The van der Waals surface area contributed by atoms with Crippen molar-refractivity contribution in [1.82, 2.24) is 4.98 Å². The summed E-state index contributed by atoms with van der Waals surface area (Å²) in [6.07, 6.45) is 1.53. The summed E-state index contributed by atoms with van der Waals surface area (Å²) < 4.78 is 10.6. The summed E-state index contributed by atoms with van der Waals surface area (Å²) in [5.74, 6) is 0.468. The number of fused-ring (bicyclic) bond motifs is 1. The number of nitrogens with zero attached hydrogens (tertiary/aromatic N) is 2. The number of hydrazone groups is 1. The summed E-state index contributed by atoms with van der Waals surface area (Å²) >= 11 is 13.5. The largest absolute Gasteiger partial charge is 0.495 e. The minimum Gasteiger partial charge on any atom is -0.495 e. The van der Waals surface area contributed by atoms with E-state index in [-0.39, 0.29) is 0 Å². The van der Waals surface area contributed by atoms with Gasteiger partial charge >= 0.3 is 5.63 Å². The third-order valence-electron chi connectivity index (χ3n) is 4.03. The smallest absolute Gasteiger partial charge is 0.345 e. The Bertz CT molecular complexity index is 1280. The summed E-state index contributed by atoms with van der Waals surface area (Å²) in [5.41, 5.74) is 4.44. The number of hydrogen-bond acceptors (Lipinski definition) is 7. The Morgan fingerprint density at radius 3 is 2.90 bits per heavy atom. The lowest BCUT2D eigenvalue weighted by Gasteiger charge is -2.07. The summed E-state index contributed by atoms with van der Waals surface area (Å²) in [6.45, 7) is 0. The second-order valence-corrected chi connectivity index (χ2v) is 7.61. The highest BCUT2D eigenvalue weighted by molar-refractivity contribution is 7.14. The molecule has 0 aliphatic carbocycles. The van der Waals surface area contributed by atoms with Gasteiger partial charge in [0, 0.05) is 21.4 Å². The topological polar surface area (TPSA) is 76.7 Å². The molecular weight excluding hydrogens is 433 g/mol. The SMILES string of the molecule is COc1c(Cl)cc(Cl)cc1/C=N/Nc1nc(-c2cc3ccccc3oc2=O)cs1. The van der Waals surface area contributed by atoms with Crippen LogP contribution in [0.4, 0.5) is 5.13 Å². The minimum absolute atomic E-state index is 0.389. The van der Waals surface area contributed by atoms with Crippen LogP contribution in [-0.4, -0.2) is 18.3 Å². The van der Waals surface area contributed by atoms with E-state index < -0.39 is 5.63 Å².